The molecule has 0 radical (unpaired) electrons. The molecule has 5 aromatic rings. The molecule has 0 saturated carbocycles. The molecule has 0 atom stereocenters. The topological polar surface area (TPSA) is 26.0 Å². The number of aromatic nitrogens is 1. The van der Waals surface area contributed by atoms with E-state index in [2.05, 4.69) is 97.9 Å². The van der Waals surface area contributed by atoms with Crippen LogP contribution < -0.4 is 45.3 Å². The largest absolute Gasteiger partial charge is 1.00 e. The zero-order valence-electron chi connectivity index (χ0n) is 19.1. The zero-order valence-corrected chi connectivity index (χ0v) is 23.8. The van der Waals surface area contributed by atoms with Crippen molar-refractivity contribution in [3.05, 3.63) is 120 Å². The van der Waals surface area contributed by atoms with Gasteiger partial charge in [-0.1, -0.05) is 84.9 Å². The van der Waals surface area contributed by atoms with E-state index < -0.39 is 7.26 Å². The lowest BCUT2D eigenvalue weighted by molar-refractivity contribution is -0.00000696. The number of benzene rings is 4. The van der Waals surface area contributed by atoms with E-state index in [-0.39, 0.29) is 24.0 Å². The fourth-order valence-corrected chi connectivity index (χ4v) is 9.57. The summed E-state index contributed by atoms with van der Waals surface area (Å²) < 4.78 is 6.49. The summed E-state index contributed by atoms with van der Waals surface area (Å²) in [4.78, 5) is 5.25. The van der Waals surface area contributed by atoms with E-state index in [9.17, 15) is 0 Å². The second kappa shape index (κ2) is 11.7. The Bertz CT molecular complexity index is 1270. The lowest BCUT2D eigenvalue weighted by Crippen LogP contribution is -3.00. The monoisotopic (exact) mass is 627 g/mol. The molecule has 6 heteroatoms. The molecule has 5 rings (SSSR count). The van der Waals surface area contributed by atoms with Crippen LogP contribution in [0.4, 0.5) is 0 Å². The van der Waals surface area contributed by atoms with Crippen LogP contribution in [-0.2, 0) is 0 Å². The summed E-state index contributed by atoms with van der Waals surface area (Å²) in [6, 6.07) is 39.9. The summed E-state index contributed by atoms with van der Waals surface area (Å²) in [5.74, 6) is 1.51. The van der Waals surface area contributed by atoms with Gasteiger partial charge in [0.25, 0.3) is 5.44 Å². The van der Waals surface area contributed by atoms with E-state index in [1.807, 2.05) is 24.3 Å². The van der Waals surface area contributed by atoms with Crippen molar-refractivity contribution >= 4 is 52.0 Å². The third-order valence-electron chi connectivity index (χ3n) is 5.69. The standard InChI is InChI=1S/C29H24ClNOPS.HI/c1-2-34-29-28(31-27(32-29)22-18-20-23(30)21-19-22)33(24-12-6-3-7-13-24,25-14-8-4-9-15-25)26-16-10-5-11-17-26;/h3-21H,2H2,1H3;1H/q+1;/p-1. The molecule has 2 nitrogen and oxygen atoms in total. The Morgan fingerprint density at radius 2 is 1.17 bits per heavy atom. The van der Waals surface area contributed by atoms with Gasteiger partial charge in [0.2, 0.25) is 11.0 Å². The highest BCUT2D eigenvalue weighted by atomic mass is 127. The van der Waals surface area contributed by atoms with Crippen molar-refractivity contribution in [3.63, 3.8) is 0 Å². The Morgan fingerprint density at radius 3 is 1.60 bits per heavy atom. The van der Waals surface area contributed by atoms with E-state index >= 15 is 0 Å². The first kappa shape index (κ1) is 26.0. The number of thioether (sulfide) groups is 1. The molecule has 0 aliphatic carbocycles. The van der Waals surface area contributed by atoms with Crippen LogP contribution in [0.1, 0.15) is 6.92 Å². The molecule has 1 heterocycles. The van der Waals surface area contributed by atoms with Crippen molar-refractivity contribution in [2.24, 2.45) is 0 Å². The molecule has 1 aromatic heterocycles. The van der Waals surface area contributed by atoms with Gasteiger partial charge in [0.15, 0.2) is 7.26 Å². The van der Waals surface area contributed by atoms with Gasteiger partial charge in [0.05, 0.1) is 0 Å². The van der Waals surface area contributed by atoms with Crippen molar-refractivity contribution in [2.45, 2.75) is 12.0 Å². The highest BCUT2D eigenvalue weighted by Crippen LogP contribution is 2.56. The SMILES string of the molecule is CCSc1oc(-c2ccc(Cl)cc2)nc1[P+](c1ccccc1)(c1ccccc1)c1ccccc1.[I-]. The number of halogens is 2. The highest BCUT2D eigenvalue weighted by Gasteiger charge is 2.52. The molecular formula is C29H24ClINOPS. The number of nitrogens with zero attached hydrogens (tertiary/aromatic N) is 1. The smallest absolute Gasteiger partial charge is 0.251 e. The van der Waals surface area contributed by atoms with Crippen LogP contribution in [0.2, 0.25) is 5.02 Å². The lowest BCUT2D eigenvalue weighted by atomic mass is 10.2. The third-order valence-corrected chi connectivity index (χ3v) is 11.1. The Morgan fingerprint density at radius 1 is 0.714 bits per heavy atom. The molecule has 0 aliphatic rings. The van der Waals surface area contributed by atoms with Crippen molar-refractivity contribution in [1.82, 2.24) is 4.98 Å². The third kappa shape index (κ3) is 5.08. The summed E-state index contributed by atoms with van der Waals surface area (Å²) >= 11 is 7.85. The van der Waals surface area contributed by atoms with Gasteiger partial charge in [-0.15, -0.1) is 0 Å². The molecule has 0 fully saturated rings. The minimum absolute atomic E-state index is 0. The number of rotatable bonds is 7. The summed E-state index contributed by atoms with van der Waals surface area (Å²) in [5.41, 5.74) is 1.92. The van der Waals surface area contributed by atoms with Gasteiger partial charge in [-0.3, -0.25) is 0 Å². The second-order valence-corrected chi connectivity index (χ2v) is 12.7. The van der Waals surface area contributed by atoms with Gasteiger partial charge in [-0.2, -0.15) is 4.98 Å². The first-order chi connectivity index (χ1) is 16.7. The predicted molar refractivity (Wildman–Crippen MR) is 148 cm³/mol. The Hall–Kier alpha value is -2.11. The fraction of sp³-hybridized carbons (Fsp3) is 0.0690. The minimum atomic E-state index is -2.33. The second-order valence-electron chi connectivity index (χ2n) is 7.75. The predicted octanol–water partition coefficient (Wildman–Crippen LogP) is 3.73. The van der Waals surface area contributed by atoms with Crippen LogP contribution in [0.3, 0.4) is 0 Å². The van der Waals surface area contributed by atoms with E-state index in [1.54, 1.807) is 11.8 Å². The fourth-order valence-electron chi connectivity index (χ4n) is 4.22. The van der Waals surface area contributed by atoms with Crippen LogP contribution in [0, 0.1) is 0 Å². The highest BCUT2D eigenvalue weighted by molar-refractivity contribution is 8.04. The molecule has 0 spiro atoms. The van der Waals surface area contributed by atoms with Gasteiger partial charge < -0.3 is 28.4 Å². The molecule has 0 amide bonds. The van der Waals surface area contributed by atoms with Crippen molar-refractivity contribution in [3.8, 4) is 11.5 Å². The van der Waals surface area contributed by atoms with E-state index in [1.165, 1.54) is 15.9 Å². The van der Waals surface area contributed by atoms with Gasteiger partial charge >= 0.3 is 0 Å². The van der Waals surface area contributed by atoms with E-state index in [4.69, 9.17) is 21.0 Å². The first-order valence-corrected chi connectivity index (χ1v) is 14.3. The molecule has 0 unspecified atom stereocenters. The van der Waals surface area contributed by atoms with Crippen LogP contribution in [-0.4, -0.2) is 10.7 Å². The first-order valence-electron chi connectivity index (χ1n) is 11.2. The lowest BCUT2D eigenvalue weighted by Gasteiger charge is -2.25. The number of oxazole rings is 1. The Balaban J connectivity index is 0.00000289. The molecular weight excluding hydrogens is 604 g/mol. The molecule has 35 heavy (non-hydrogen) atoms. The Labute approximate surface area is 233 Å². The van der Waals surface area contributed by atoms with Gasteiger partial charge in [0.1, 0.15) is 15.9 Å². The molecule has 176 valence electrons. The summed E-state index contributed by atoms with van der Waals surface area (Å²) in [6.07, 6.45) is 0. The molecule has 0 N–H and O–H groups in total. The summed E-state index contributed by atoms with van der Waals surface area (Å²) in [6.45, 7) is 2.15. The summed E-state index contributed by atoms with van der Waals surface area (Å²) in [5, 5.41) is 5.32. The zero-order chi connectivity index (χ0) is 23.4. The molecule has 4 aromatic carbocycles. The molecule has 0 saturated heterocycles. The average molecular weight is 628 g/mol. The van der Waals surface area contributed by atoms with Gasteiger partial charge in [0, 0.05) is 10.6 Å². The van der Waals surface area contributed by atoms with Crippen molar-refractivity contribution in [2.75, 3.05) is 5.75 Å². The molecule has 0 bridgehead atoms. The Kier molecular flexibility index (Phi) is 8.72. The maximum absolute atomic E-state index is 6.49. The quantitative estimate of drug-likeness (QED) is 0.156. The molecule has 0 aliphatic heterocycles. The maximum atomic E-state index is 6.49. The van der Waals surface area contributed by atoms with Gasteiger partial charge in [-0.05, 0) is 66.4 Å². The normalized spacial score (nSPS) is 11.1. The number of hydrogen-bond donors (Lipinski definition) is 0. The van der Waals surface area contributed by atoms with Crippen LogP contribution in [0.25, 0.3) is 11.5 Å². The minimum Gasteiger partial charge on any atom is -1.00 e. The maximum Gasteiger partial charge on any atom is 0.251 e. The number of hydrogen-bond acceptors (Lipinski definition) is 3. The van der Waals surface area contributed by atoms with Gasteiger partial charge in [-0.25, -0.2) is 0 Å². The average Bonchev–Trinajstić information content (AvgIpc) is 3.31. The van der Waals surface area contributed by atoms with E-state index in [0.29, 0.717) is 10.9 Å². The van der Waals surface area contributed by atoms with E-state index in [0.717, 1.165) is 21.8 Å². The van der Waals surface area contributed by atoms with Crippen molar-refractivity contribution in [1.29, 1.82) is 0 Å². The van der Waals surface area contributed by atoms with Crippen LogP contribution in [0.5, 0.6) is 0 Å². The summed E-state index contributed by atoms with van der Waals surface area (Å²) in [7, 11) is -2.33. The van der Waals surface area contributed by atoms with Crippen LogP contribution in [0.15, 0.2) is 125 Å². The van der Waals surface area contributed by atoms with Crippen LogP contribution >= 0.6 is 30.6 Å². The van der Waals surface area contributed by atoms with Crippen molar-refractivity contribution < 1.29 is 28.4 Å².